The molecule has 1 N–H and O–H groups in total. The Kier molecular flexibility index (Phi) is 5.44. The number of carbonyl (C=O) groups is 1. The molecular weight excluding hydrogens is 364 g/mol. The molecule has 2 aromatic rings. The van der Waals surface area contributed by atoms with Crippen molar-refractivity contribution in [2.75, 3.05) is 5.32 Å². The lowest BCUT2D eigenvalue weighted by atomic mass is 10.2. The van der Waals surface area contributed by atoms with Crippen LogP contribution in [0.4, 0.5) is 23.2 Å². The summed E-state index contributed by atoms with van der Waals surface area (Å²) in [7, 11) is 0. The molecule has 0 radical (unpaired) electrons. The Labute approximate surface area is 144 Å². The van der Waals surface area contributed by atoms with Crippen LogP contribution in [-0.4, -0.2) is 21.6 Å². The van der Waals surface area contributed by atoms with Crippen LogP contribution in [0, 0.1) is 17.1 Å². The second kappa shape index (κ2) is 7.36. The Hall–Kier alpha value is -2.86. The van der Waals surface area contributed by atoms with Gasteiger partial charge in [-0.1, -0.05) is 11.6 Å². The lowest BCUT2D eigenvalue weighted by molar-refractivity contribution is -0.140. The molecule has 0 unspecified atom stereocenters. The van der Waals surface area contributed by atoms with Gasteiger partial charge in [0, 0.05) is 24.2 Å². The maximum absolute atomic E-state index is 13.1. The summed E-state index contributed by atoms with van der Waals surface area (Å²) in [4.78, 5) is 15.8. The largest absolute Gasteiger partial charge is 0.406 e. The molecule has 0 fully saturated rings. The van der Waals surface area contributed by atoms with Gasteiger partial charge in [-0.15, -0.1) is 0 Å². The average Bonchev–Trinajstić information content (AvgIpc) is 2.93. The normalized spacial score (nSPS) is 11.9. The second-order valence-electron chi connectivity index (χ2n) is 4.78. The van der Waals surface area contributed by atoms with Gasteiger partial charge in [0.1, 0.15) is 29.8 Å². The van der Waals surface area contributed by atoms with E-state index in [0.717, 1.165) is 35.2 Å². The summed E-state index contributed by atoms with van der Waals surface area (Å²) >= 11 is 5.58. The molecule has 0 atom stereocenters. The second-order valence-corrected chi connectivity index (χ2v) is 5.19. The van der Waals surface area contributed by atoms with Crippen molar-refractivity contribution in [1.29, 1.82) is 5.26 Å². The van der Waals surface area contributed by atoms with Crippen LogP contribution in [-0.2, 0) is 11.3 Å². The number of benzene rings is 1. The molecule has 5 nitrogen and oxygen atoms in total. The number of rotatable bonds is 4. The molecule has 1 amide bonds. The number of hydrogen-bond acceptors (Lipinski definition) is 3. The third-order valence-corrected chi connectivity index (χ3v) is 3.20. The van der Waals surface area contributed by atoms with Crippen LogP contribution < -0.4 is 5.32 Å². The highest BCUT2D eigenvalue weighted by Gasteiger charge is 2.28. The molecule has 0 saturated heterocycles. The Morgan fingerprint density at radius 1 is 1.44 bits per heavy atom. The van der Waals surface area contributed by atoms with E-state index in [1.54, 1.807) is 6.07 Å². The van der Waals surface area contributed by atoms with Gasteiger partial charge in [-0.2, -0.15) is 18.4 Å². The molecule has 2 rings (SSSR count). The van der Waals surface area contributed by atoms with E-state index in [9.17, 15) is 22.4 Å². The van der Waals surface area contributed by atoms with Crippen molar-refractivity contribution in [2.45, 2.75) is 12.7 Å². The number of carbonyl (C=O) groups excluding carboxylic acids is 1. The van der Waals surface area contributed by atoms with E-state index < -0.39 is 30.0 Å². The van der Waals surface area contributed by atoms with Gasteiger partial charge in [-0.3, -0.25) is 4.79 Å². The first-order valence-corrected chi connectivity index (χ1v) is 7.03. The molecular formula is C15H9ClF4N4O. The van der Waals surface area contributed by atoms with Crippen molar-refractivity contribution in [3.05, 3.63) is 52.8 Å². The number of anilines is 1. The van der Waals surface area contributed by atoms with E-state index in [1.165, 1.54) is 6.07 Å². The number of nitrogens with zero attached hydrogens (tertiary/aromatic N) is 3. The van der Waals surface area contributed by atoms with Gasteiger partial charge in [0.25, 0.3) is 5.91 Å². The summed E-state index contributed by atoms with van der Waals surface area (Å²) in [5.74, 6) is -1.79. The molecule has 0 aliphatic rings. The van der Waals surface area contributed by atoms with E-state index in [1.807, 2.05) is 0 Å². The molecule has 10 heteroatoms. The fourth-order valence-electron chi connectivity index (χ4n) is 1.84. The van der Waals surface area contributed by atoms with Crippen LogP contribution in [0.25, 0.3) is 6.08 Å². The monoisotopic (exact) mass is 372 g/mol. The van der Waals surface area contributed by atoms with E-state index in [2.05, 4.69) is 10.3 Å². The lowest BCUT2D eigenvalue weighted by Crippen LogP contribution is -2.18. The zero-order valence-electron chi connectivity index (χ0n) is 12.3. The Morgan fingerprint density at radius 3 is 2.76 bits per heavy atom. The standard InChI is InChI=1S/C15H9ClF4N4O/c16-11-6-10(1-2-12(11)17)23-14(25)9(7-21)5-13-22-3-4-24(13)8-15(18,19)20/h1-6H,8H2,(H,23,25)/b9-5-. The van der Waals surface area contributed by atoms with Crippen molar-refractivity contribution < 1.29 is 22.4 Å². The zero-order chi connectivity index (χ0) is 18.6. The van der Waals surface area contributed by atoms with Crippen molar-refractivity contribution in [3.8, 4) is 6.07 Å². The SMILES string of the molecule is N#C/C(=C/c1nccn1CC(F)(F)F)C(=O)Nc1ccc(F)c(Cl)c1. The summed E-state index contributed by atoms with van der Waals surface area (Å²) in [5.41, 5.74) is -0.355. The maximum Gasteiger partial charge on any atom is 0.406 e. The number of nitriles is 1. The first-order chi connectivity index (χ1) is 11.7. The molecule has 0 spiro atoms. The summed E-state index contributed by atoms with van der Waals surface area (Å²) < 4.78 is 51.3. The predicted octanol–water partition coefficient (Wildman–Crippen LogP) is 3.78. The number of amides is 1. The van der Waals surface area contributed by atoms with Crippen molar-refractivity contribution in [1.82, 2.24) is 9.55 Å². The third kappa shape index (κ3) is 5.06. The maximum atomic E-state index is 13.1. The third-order valence-electron chi connectivity index (χ3n) is 2.91. The predicted molar refractivity (Wildman–Crippen MR) is 81.9 cm³/mol. The highest BCUT2D eigenvalue weighted by Crippen LogP contribution is 2.21. The lowest BCUT2D eigenvalue weighted by Gasteiger charge is -2.09. The molecule has 1 aromatic heterocycles. The number of imidazole rings is 1. The Balaban J connectivity index is 2.23. The number of aromatic nitrogens is 2. The van der Waals surface area contributed by atoms with Crippen LogP contribution in [0.1, 0.15) is 5.82 Å². The minimum absolute atomic E-state index is 0.121. The quantitative estimate of drug-likeness (QED) is 0.504. The zero-order valence-corrected chi connectivity index (χ0v) is 13.1. The highest BCUT2D eigenvalue weighted by molar-refractivity contribution is 6.31. The molecule has 0 bridgehead atoms. The number of alkyl halides is 3. The minimum Gasteiger partial charge on any atom is -0.322 e. The first kappa shape index (κ1) is 18.5. The van der Waals surface area contributed by atoms with Crippen molar-refractivity contribution in [2.24, 2.45) is 0 Å². The first-order valence-electron chi connectivity index (χ1n) is 6.65. The molecule has 0 aliphatic carbocycles. The van der Waals surface area contributed by atoms with E-state index in [4.69, 9.17) is 16.9 Å². The smallest absolute Gasteiger partial charge is 0.322 e. The van der Waals surface area contributed by atoms with Crippen molar-refractivity contribution in [3.63, 3.8) is 0 Å². The van der Waals surface area contributed by atoms with Crippen molar-refractivity contribution >= 4 is 29.3 Å². The molecule has 25 heavy (non-hydrogen) atoms. The fraction of sp³-hybridized carbons (Fsp3) is 0.133. The summed E-state index contributed by atoms with van der Waals surface area (Å²) in [6.07, 6.45) is -1.37. The molecule has 1 heterocycles. The van der Waals surface area contributed by atoms with E-state index in [-0.39, 0.29) is 16.5 Å². The topological polar surface area (TPSA) is 70.7 Å². The van der Waals surface area contributed by atoms with Gasteiger partial charge in [-0.25, -0.2) is 9.37 Å². The van der Waals surface area contributed by atoms with Crippen LogP contribution in [0.5, 0.6) is 0 Å². The van der Waals surface area contributed by atoms with Gasteiger partial charge >= 0.3 is 6.18 Å². The Bertz CT molecular complexity index is 867. The van der Waals surface area contributed by atoms with Gasteiger partial charge < -0.3 is 9.88 Å². The summed E-state index contributed by atoms with van der Waals surface area (Å²) in [6.45, 7) is -1.31. The van der Waals surface area contributed by atoms with Crippen LogP contribution in [0.15, 0.2) is 36.2 Å². The number of nitrogens with one attached hydrogen (secondary N) is 1. The fourth-order valence-corrected chi connectivity index (χ4v) is 2.02. The van der Waals surface area contributed by atoms with Gasteiger partial charge in [0.2, 0.25) is 0 Å². The molecule has 130 valence electrons. The molecule has 0 aliphatic heterocycles. The van der Waals surface area contributed by atoms with Gasteiger partial charge in [-0.05, 0) is 18.2 Å². The average molecular weight is 373 g/mol. The summed E-state index contributed by atoms with van der Waals surface area (Å²) in [6, 6.07) is 4.96. The van der Waals surface area contributed by atoms with Crippen LogP contribution >= 0.6 is 11.6 Å². The highest BCUT2D eigenvalue weighted by atomic mass is 35.5. The van der Waals surface area contributed by atoms with Crippen LogP contribution in [0.3, 0.4) is 0 Å². The summed E-state index contributed by atoms with van der Waals surface area (Å²) in [5, 5.41) is 11.1. The van der Waals surface area contributed by atoms with Gasteiger partial charge in [0.05, 0.1) is 5.02 Å². The van der Waals surface area contributed by atoms with E-state index >= 15 is 0 Å². The molecule has 0 saturated carbocycles. The van der Waals surface area contributed by atoms with Gasteiger partial charge in [0.15, 0.2) is 0 Å². The molecule has 1 aromatic carbocycles. The van der Waals surface area contributed by atoms with E-state index in [0.29, 0.717) is 0 Å². The number of hydrogen-bond donors (Lipinski definition) is 1. The minimum atomic E-state index is -4.48. The number of halogens is 5. The van der Waals surface area contributed by atoms with Crippen LogP contribution in [0.2, 0.25) is 5.02 Å². The Morgan fingerprint density at radius 2 is 2.16 bits per heavy atom.